The van der Waals surface area contributed by atoms with E-state index in [9.17, 15) is 10.1 Å². The van der Waals surface area contributed by atoms with Crippen LogP contribution in [-0.4, -0.2) is 28.0 Å². The van der Waals surface area contributed by atoms with Gasteiger partial charge in [0.05, 0.1) is 17.1 Å². The lowest BCUT2D eigenvalue weighted by Crippen LogP contribution is -2.09. The molecule has 0 radical (unpaired) electrons. The minimum absolute atomic E-state index is 0.0184. The van der Waals surface area contributed by atoms with Crippen molar-refractivity contribution in [3.8, 4) is 0 Å². The van der Waals surface area contributed by atoms with Crippen LogP contribution in [0, 0.1) is 10.1 Å². The molecule has 0 aromatic carbocycles. The second-order valence-corrected chi connectivity index (χ2v) is 4.42. The number of nitrogens with one attached hydrogen (secondary N) is 2. The van der Waals surface area contributed by atoms with Gasteiger partial charge in [-0.3, -0.25) is 15.1 Å². The first-order valence-electron chi connectivity index (χ1n) is 6.72. The van der Waals surface area contributed by atoms with E-state index in [-0.39, 0.29) is 5.69 Å². The lowest BCUT2D eigenvalue weighted by molar-refractivity contribution is -0.384. The van der Waals surface area contributed by atoms with Crippen LogP contribution >= 0.6 is 0 Å². The molecule has 0 atom stereocenters. The van der Waals surface area contributed by atoms with Crippen molar-refractivity contribution in [2.24, 2.45) is 0 Å². The Morgan fingerprint density at radius 3 is 2.67 bits per heavy atom. The molecule has 0 bridgehead atoms. The summed E-state index contributed by atoms with van der Waals surface area (Å²) in [7, 11) is 0. The average molecular weight is 287 g/mol. The molecule has 2 rings (SSSR count). The van der Waals surface area contributed by atoms with Crippen molar-refractivity contribution in [1.29, 1.82) is 0 Å². The van der Waals surface area contributed by atoms with Crippen molar-refractivity contribution in [2.45, 2.75) is 13.3 Å². The number of pyridine rings is 2. The summed E-state index contributed by atoms with van der Waals surface area (Å²) in [5.41, 5.74) is 1.12. The summed E-state index contributed by atoms with van der Waals surface area (Å²) in [5, 5.41) is 17.0. The van der Waals surface area contributed by atoms with Gasteiger partial charge in [0.15, 0.2) is 0 Å². The van der Waals surface area contributed by atoms with E-state index in [4.69, 9.17) is 0 Å². The van der Waals surface area contributed by atoms with Crippen molar-refractivity contribution in [2.75, 3.05) is 23.7 Å². The normalized spacial score (nSPS) is 10.1. The highest BCUT2D eigenvalue weighted by molar-refractivity contribution is 5.54. The third-order valence-electron chi connectivity index (χ3n) is 2.82. The Morgan fingerprint density at radius 1 is 1.29 bits per heavy atom. The number of nitrogens with zero attached hydrogens (tertiary/aromatic N) is 3. The topological polar surface area (TPSA) is 93.0 Å². The van der Waals surface area contributed by atoms with Gasteiger partial charge in [-0.15, -0.1) is 0 Å². The summed E-state index contributed by atoms with van der Waals surface area (Å²) in [6, 6.07) is 6.73. The summed E-state index contributed by atoms with van der Waals surface area (Å²) in [6.45, 7) is 3.20. The van der Waals surface area contributed by atoms with Crippen LogP contribution in [0.5, 0.6) is 0 Å². The molecule has 0 spiro atoms. The first-order chi connectivity index (χ1) is 10.2. The highest BCUT2D eigenvalue weighted by atomic mass is 16.6. The Morgan fingerprint density at radius 2 is 2.05 bits per heavy atom. The molecule has 0 saturated heterocycles. The van der Waals surface area contributed by atoms with E-state index < -0.39 is 4.92 Å². The minimum Gasteiger partial charge on any atom is -0.370 e. The smallest absolute Gasteiger partial charge is 0.276 e. The van der Waals surface area contributed by atoms with Crippen molar-refractivity contribution in [3.63, 3.8) is 0 Å². The average Bonchev–Trinajstić information content (AvgIpc) is 2.48. The lowest BCUT2D eigenvalue weighted by Gasteiger charge is -2.08. The molecule has 2 aromatic heterocycles. The Bertz CT molecular complexity index is 604. The number of rotatable bonds is 7. The van der Waals surface area contributed by atoms with Crippen LogP contribution in [0.25, 0.3) is 0 Å². The molecule has 0 fully saturated rings. The van der Waals surface area contributed by atoms with Gasteiger partial charge in [-0.2, -0.15) is 0 Å². The first-order valence-corrected chi connectivity index (χ1v) is 6.72. The van der Waals surface area contributed by atoms with E-state index in [1.165, 1.54) is 12.1 Å². The number of hydrogen-bond acceptors (Lipinski definition) is 6. The monoisotopic (exact) mass is 287 g/mol. The fourth-order valence-electron chi connectivity index (χ4n) is 1.86. The second kappa shape index (κ2) is 7.18. The Hall–Kier alpha value is -2.70. The molecule has 7 nitrogen and oxygen atoms in total. The third kappa shape index (κ3) is 4.41. The van der Waals surface area contributed by atoms with Crippen molar-refractivity contribution in [1.82, 2.24) is 9.97 Å². The molecule has 7 heteroatoms. The maximum Gasteiger partial charge on any atom is 0.276 e. The quantitative estimate of drug-likeness (QED) is 0.600. The summed E-state index contributed by atoms with van der Waals surface area (Å²) < 4.78 is 0. The highest BCUT2D eigenvalue weighted by Crippen LogP contribution is 2.20. The molecule has 2 N–H and O–H groups in total. The zero-order valence-corrected chi connectivity index (χ0v) is 11.7. The maximum atomic E-state index is 10.9. The number of nitro groups is 1. The van der Waals surface area contributed by atoms with Crippen LogP contribution in [0.15, 0.2) is 36.7 Å². The SMILES string of the molecule is CCNc1cc([N+](=O)[O-])cc(NCCc2cccnc2)n1. The van der Waals surface area contributed by atoms with Crippen molar-refractivity contribution >= 4 is 17.3 Å². The fraction of sp³-hybridized carbons (Fsp3) is 0.286. The van der Waals surface area contributed by atoms with E-state index in [1.54, 1.807) is 12.4 Å². The lowest BCUT2D eigenvalue weighted by atomic mass is 10.2. The predicted octanol–water partition coefficient (Wildman–Crippen LogP) is 2.47. The summed E-state index contributed by atoms with van der Waals surface area (Å²) in [5.74, 6) is 0.986. The van der Waals surface area contributed by atoms with Gasteiger partial charge in [0.25, 0.3) is 5.69 Å². The molecule has 0 aliphatic heterocycles. The van der Waals surface area contributed by atoms with Crippen LogP contribution in [0.2, 0.25) is 0 Å². The molecule has 21 heavy (non-hydrogen) atoms. The Kier molecular flexibility index (Phi) is 5.03. The molecule has 2 heterocycles. The summed E-state index contributed by atoms with van der Waals surface area (Å²) >= 11 is 0. The standard InChI is InChI=1S/C14H17N5O2/c1-2-16-13-8-12(19(20)21)9-14(18-13)17-7-5-11-4-3-6-15-10-11/h3-4,6,8-10H,2,5,7H2,1H3,(H2,16,17,18). The van der Waals surface area contributed by atoms with Crippen LogP contribution < -0.4 is 10.6 Å². The van der Waals surface area contributed by atoms with Crippen molar-refractivity contribution in [3.05, 3.63) is 52.3 Å². The molecule has 110 valence electrons. The van der Waals surface area contributed by atoms with E-state index in [1.807, 2.05) is 19.1 Å². The predicted molar refractivity (Wildman–Crippen MR) is 81.5 cm³/mol. The Labute approximate surface area is 122 Å². The van der Waals surface area contributed by atoms with Gasteiger partial charge in [-0.05, 0) is 25.0 Å². The van der Waals surface area contributed by atoms with E-state index >= 15 is 0 Å². The molecule has 0 aliphatic carbocycles. The van der Waals surface area contributed by atoms with Gasteiger partial charge in [0.1, 0.15) is 11.6 Å². The van der Waals surface area contributed by atoms with Gasteiger partial charge in [-0.1, -0.05) is 6.07 Å². The summed E-state index contributed by atoms with van der Waals surface area (Å²) in [6.07, 6.45) is 4.29. The molecule has 0 saturated carbocycles. The van der Waals surface area contributed by atoms with E-state index in [2.05, 4.69) is 20.6 Å². The maximum absolute atomic E-state index is 10.9. The van der Waals surface area contributed by atoms with Crippen LogP contribution in [-0.2, 0) is 6.42 Å². The molecule has 0 unspecified atom stereocenters. The highest BCUT2D eigenvalue weighted by Gasteiger charge is 2.10. The summed E-state index contributed by atoms with van der Waals surface area (Å²) in [4.78, 5) is 18.8. The van der Waals surface area contributed by atoms with Crippen LogP contribution in [0.1, 0.15) is 12.5 Å². The van der Waals surface area contributed by atoms with E-state index in [0.29, 0.717) is 24.7 Å². The minimum atomic E-state index is -0.422. The second-order valence-electron chi connectivity index (χ2n) is 4.42. The van der Waals surface area contributed by atoms with Gasteiger partial charge >= 0.3 is 0 Å². The molecule has 0 amide bonds. The first kappa shape index (κ1) is 14.7. The largest absolute Gasteiger partial charge is 0.370 e. The third-order valence-corrected chi connectivity index (χ3v) is 2.82. The fourth-order valence-corrected chi connectivity index (χ4v) is 1.86. The molecular weight excluding hydrogens is 270 g/mol. The van der Waals surface area contributed by atoms with Gasteiger partial charge in [0, 0.05) is 25.5 Å². The molecular formula is C14H17N5O2. The van der Waals surface area contributed by atoms with Crippen LogP contribution in [0.4, 0.5) is 17.3 Å². The Balaban J connectivity index is 2.03. The van der Waals surface area contributed by atoms with Gasteiger partial charge < -0.3 is 10.6 Å². The van der Waals surface area contributed by atoms with Gasteiger partial charge in [-0.25, -0.2) is 4.98 Å². The molecule has 2 aromatic rings. The van der Waals surface area contributed by atoms with Gasteiger partial charge in [0.2, 0.25) is 0 Å². The zero-order valence-electron chi connectivity index (χ0n) is 11.7. The van der Waals surface area contributed by atoms with Crippen LogP contribution in [0.3, 0.4) is 0 Å². The number of anilines is 2. The number of aromatic nitrogens is 2. The number of hydrogen-bond donors (Lipinski definition) is 2. The zero-order chi connectivity index (χ0) is 15.1. The molecule has 0 aliphatic rings. The van der Waals surface area contributed by atoms with E-state index in [0.717, 1.165) is 12.0 Å². The van der Waals surface area contributed by atoms with Crippen molar-refractivity contribution < 1.29 is 4.92 Å².